The van der Waals surface area contributed by atoms with Crippen LogP contribution in [0.3, 0.4) is 0 Å². The highest BCUT2D eigenvalue weighted by Crippen LogP contribution is 2.17. The number of aryl methyl sites for hydroxylation is 1. The molecule has 1 aromatic heterocycles. The molecule has 2 N–H and O–H groups in total. The Morgan fingerprint density at radius 1 is 1.53 bits per heavy atom. The third-order valence-corrected chi connectivity index (χ3v) is 4.43. The lowest BCUT2D eigenvalue weighted by Gasteiger charge is -2.29. The second-order valence-corrected chi connectivity index (χ2v) is 6.08. The molecule has 0 aromatic carbocycles. The lowest BCUT2D eigenvalue weighted by molar-refractivity contribution is 0.314. The number of hydrogen-bond acceptors (Lipinski definition) is 5. The number of nitrogens with two attached hydrogens (primary N) is 1. The molecule has 1 fully saturated rings. The minimum Gasteiger partial charge on any atom is -0.327 e. The summed E-state index contributed by atoms with van der Waals surface area (Å²) in [7, 11) is -3.59. The van der Waals surface area contributed by atoms with Gasteiger partial charge in [-0.15, -0.1) is 0 Å². The minimum atomic E-state index is -3.59. The van der Waals surface area contributed by atoms with Gasteiger partial charge in [-0.1, -0.05) is 0 Å². The molecule has 7 heteroatoms. The molecular formula is C10H16N4O2S. The van der Waals surface area contributed by atoms with Crippen LogP contribution in [0.1, 0.15) is 18.5 Å². The van der Waals surface area contributed by atoms with Crippen LogP contribution >= 0.6 is 0 Å². The fourth-order valence-electron chi connectivity index (χ4n) is 1.86. The molecule has 2 heterocycles. The average molecular weight is 256 g/mol. The first-order valence-corrected chi connectivity index (χ1v) is 6.99. The molecule has 17 heavy (non-hydrogen) atoms. The van der Waals surface area contributed by atoms with Gasteiger partial charge >= 0.3 is 0 Å². The van der Waals surface area contributed by atoms with E-state index in [0.717, 1.165) is 12.8 Å². The van der Waals surface area contributed by atoms with E-state index in [0.29, 0.717) is 18.8 Å². The predicted octanol–water partition coefficient (Wildman–Crippen LogP) is -0.103. The Bertz CT molecular complexity index is 503. The summed E-state index contributed by atoms with van der Waals surface area (Å²) in [6.45, 7) is 2.58. The minimum absolute atomic E-state index is 0.0941. The number of hydrogen-bond donors (Lipinski definition) is 1. The molecule has 0 radical (unpaired) electrons. The summed E-state index contributed by atoms with van der Waals surface area (Å²) in [6.07, 6.45) is 3.10. The number of piperidine rings is 1. The third kappa shape index (κ3) is 2.62. The van der Waals surface area contributed by atoms with Gasteiger partial charge in [0.1, 0.15) is 0 Å². The molecule has 0 aliphatic carbocycles. The van der Waals surface area contributed by atoms with Gasteiger partial charge in [-0.3, -0.25) is 0 Å². The fraction of sp³-hybridized carbons (Fsp3) is 0.600. The van der Waals surface area contributed by atoms with Gasteiger partial charge in [-0.25, -0.2) is 18.4 Å². The van der Waals surface area contributed by atoms with E-state index in [1.54, 1.807) is 13.0 Å². The molecule has 6 nitrogen and oxygen atoms in total. The Morgan fingerprint density at radius 2 is 2.29 bits per heavy atom. The second-order valence-electron chi connectivity index (χ2n) is 4.25. The molecule has 2 rings (SSSR count). The maximum atomic E-state index is 12.2. The largest absolute Gasteiger partial charge is 0.327 e. The number of rotatable bonds is 2. The van der Waals surface area contributed by atoms with Crippen molar-refractivity contribution in [3.63, 3.8) is 0 Å². The molecule has 1 saturated heterocycles. The molecule has 1 aliphatic rings. The Labute approximate surface area is 101 Å². The van der Waals surface area contributed by atoms with Gasteiger partial charge in [0.05, 0.1) is 0 Å². The van der Waals surface area contributed by atoms with Gasteiger partial charge in [0.15, 0.2) is 0 Å². The second kappa shape index (κ2) is 4.67. The number of aromatic nitrogens is 2. The lowest BCUT2D eigenvalue weighted by atomic mass is 10.1. The van der Waals surface area contributed by atoms with Crippen LogP contribution in [-0.4, -0.2) is 41.8 Å². The van der Waals surface area contributed by atoms with Crippen molar-refractivity contribution in [2.75, 3.05) is 13.1 Å². The highest BCUT2D eigenvalue weighted by Gasteiger charge is 2.30. The average Bonchev–Trinajstić information content (AvgIpc) is 2.29. The van der Waals surface area contributed by atoms with Gasteiger partial charge in [-0.05, 0) is 25.8 Å². The van der Waals surface area contributed by atoms with E-state index in [9.17, 15) is 8.42 Å². The standard InChI is InChI=1S/C10H16N4O2S/c1-8-4-5-12-10(13-8)17(15,16)14-6-2-3-9(11)7-14/h4-5,9H,2-3,6-7,11H2,1H3. The maximum Gasteiger partial charge on any atom is 0.278 e. The Morgan fingerprint density at radius 3 is 2.94 bits per heavy atom. The molecule has 1 aliphatic heterocycles. The van der Waals surface area contributed by atoms with Gasteiger partial charge in [0.2, 0.25) is 0 Å². The number of nitrogens with zero attached hydrogens (tertiary/aromatic N) is 3. The summed E-state index contributed by atoms with van der Waals surface area (Å²) >= 11 is 0. The molecular weight excluding hydrogens is 240 g/mol. The van der Waals surface area contributed by atoms with E-state index in [2.05, 4.69) is 9.97 Å². The maximum absolute atomic E-state index is 12.2. The summed E-state index contributed by atoms with van der Waals surface area (Å²) in [4.78, 5) is 7.79. The molecule has 1 unspecified atom stereocenters. The monoisotopic (exact) mass is 256 g/mol. The van der Waals surface area contributed by atoms with E-state index >= 15 is 0 Å². The van der Waals surface area contributed by atoms with Crippen molar-refractivity contribution in [1.82, 2.24) is 14.3 Å². The van der Waals surface area contributed by atoms with Gasteiger partial charge in [-0.2, -0.15) is 4.31 Å². The van der Waals surface area contributed by atoms with Crippen LogP contribution in [0.15, 0.2) is 17.4 Å². The van der Waals surface area contributed by atoms with Crippen molar-refractivity contribution in [3.8, 4) is 0 Å². The topological polar surface area (TPSA) is 89.2 Å². The molecule has 0 bridgehead atoms. The summed E-state index contributed by atoms with van der Waals surface area (Å²) in [5.74, 6) is 0. The van der Waals surface area contributed by atoms with Crippen LogP contribution in [0.2, 0.25) is 0 Å². The predicted molar refractivity (Wildman–Crippen MR) is 62.7 cm³/mol. The quantitative estimate of drug-likeness (QED) is 0.746. The summed E-state index contributed by atoms with van der Waals surface area (Å²) in [6, 6.07) is 1.57. The molecule has 1 aromatic rings. The van der Waals surface area contributed by atoms with Gasteiger partial charge < -0.3 is 5.73 Å². The lowest BCUT2D eigenvalue weighted by Crippen LogP contribution is -2.46. The zero-order valence-corrected chi connectivity index (χ0v) is 10.5. The van der Waals surface area contributed by atoms with Crippen LogP contribution in [0.25, 0.3) is 0 Å². The van der Waals surface area contributed by atoms with Crippen LogP contribution in [0, 0.1) is 6.92 Å². The first-order valence-electron chi connectivity index (χ1n) is 5.55. The van der Waals surface area contributed by atoms with Gasteiger partial charge in [0, 0.05) is 31.0 Å². The smallest absolute Gasteiger partial charge is 0.278 e. The SMILES string of the molecule is Cc1ccnc(S(=O)(=O)N2CCCC(N)C2)n1. The van der Waals surface area contributed by atoms with E-state index in [4.69, 9.17) is 5.73 Å². The Balaban J connectivity index is 2.29. The van der Waals surface area contributed by atoms with Crippen molar-refractivity contribution in [1.29, 1.82) is 0 Å². The van der Waals surface area contributed by atoms with Crippen molar-refractivity contribution in [2.45, 2.75) is 31.0 Å². The summed E-state index contributed by atoms with van der Waals surface area (Å²) < 4.78 is 25.8. The fourth-order valence-corrected chi connectivity index (χ4v) is 3.30. The Kier molecular flexibility index (Phi) is 3.41. The number of sulfonamides is 1. The highest BCUT2D eigenvalue weighted by molar-refractivity contribution is 7.88. The van der Waals surface area contributed by atoms with E-state index < -0.39 is 10.0 Å². The molecule has 94 valence electrons. The van der Waals surface area contributed by atoms with Crippen molar-refractivity contribution < 1.29 is 8.42 Å². The van der Waals surface area contributed by atoms with Crippen LogP contribution in [0.5, 0.6) is 0 Å². The zero-order valence-electron chi connectivity index (χ0n) is 9.70. The molecule has 0 amide bonds. The van der Waals surface area contributed by atoms with Crippen molar-refractivity contribution >= 4 is 10.0 Å². The molecule has 0 spiro atoms. The van der Waals surface area contributed by atoms with Gasteiger partial charge in [0.25, 0.3) is 15.2 Å². The first kappa shape index (κ1) is 12.4. The first-order chi connectivity index (χ1) is 8.00. The third-order valence-electron chi connectivity index (χ3n) is 2.76. The summed E-state index contributed by atoms with van der Waals surface area (Å²) in [5, 5.41) is -0.133. The van der Waals surface area contributed by atoms with E-state index in [-0.39, 0.29) is 11.2 Å². The van der Waals surface area contributed by atoms with Crippen molar-refractivity contribution in [3.05, 3.63) is 18.0 Å². The van der Waals surface area contributed by atoms with Crippen LogP contribution < -0.4 is 5.73 Å². The molecule has 0 saturated carbocycles. The zero-order chi connectivity index (χ0) is 12.5. The highest BCUT2D eigenvalue weighted by atomic mass is 32.2. The van der Waals surface area contributed by atoms with E-state index in [1.807, 2.05) is 0 Å². The van der Waals surface area contributed by atoms with Crippen LogP contribution in [-0.2, 0) is 10.0 Å². The normalized spacial score (nSPS) is 22.6. The van der Waals surface area contributed by atoms with Crippen LogP contribution in [0.4, 0.5) is 0 Å². The Hall–Kier alpha value is -1.05. The van der Waals surface area contributed by atoms with E-state index in [1.165, 1.54) is 10.5 Å². The summed E-state index contributed by atoms with van der Waals surface area (Å²) in [5.41, 5.74) is 6.42. The molecule has 1 atom stereocenters. The van der Waals surface area contributed by atoms with Crippen molar-refractivity contribution in [2.24, 2.45) is 5.73 Å².